The number of benzene rings is 2. The number of hydrogen-bond acceptors (Lipinski definition) is 7. The van der Waals surface area contributed by atoms with Crippen molar-refractivity contribution in [3.8, 4) is 28.4 Å². The van der Waals surface area contributed by atoms with Crippen LogP contribution >= 0.6 is 0 Å². The Bertz CT molecular complexity index is 1350. The highest BCUT2D eigenvalue weighted by Gasteiger charge is 2.20. The molecular weight excluding hydrogens is 436 g/mol. The standard InChI is InChI=1S/C26H26N2O6/c1-6-32-25-16(3)26-19(13-18(25)15(2)11-24(29)27-23-9-10-34-28-23)20(14-33-26)17-7-8-21(30-4)22(12-17)31-5/h7-14H,6H2,1-5H3,(H,27,28,29)/b15-11+. The fourth-order valence-corrected chi connectivity index (χ4v) is 3.88. The van der Waals surface area contributed by atoms with E-state index in [0.717, 1.165) is 38.8 Å². The first kappa shape index (κ1) is 23.0. The molecule has 0 unspecified atom stereocenters. The molecule has 4 aromatic rings. The van der Waals surface area contributed by atoms with E-state index in [0.29, 0.717) is 29.7 Å². The average molecular weight is 463 g/mol. The predicted molar refractivity (Wildman–Crippen MR) is 129 cm³/mol. The van der Waals surface area contributed by atoms with Crippen molar-refractivity contribution in [2.24, 2.45) is 0 Å². The van der Waals surface area contributed by atoms with Gasteiger partial charge in [-0.3, -0.25) is 4.79 Å². The zero-order chi connectivity index (χ0) is 24.2. The third kappa shape index (κ3) is 4.34. The number of amides is 1. The van der Waals surface area contributed by atoms with E-state index in [1.54, 1.807) is 26.5 Å². The van der Waals surface area contributed by atoms with Gasteiger partial charge < -0.3 is 28.5 Å². The Morgan fingerprint density at radius 2 is 1.94 bits per heavy atom. The van der Waals surface area contributed by atoms with Gasteiger partial charge in [-0.15, -0.1) is 0 Å². The van der Waals surface area contributed by atoms with E-state index < -0.39 is 0 Å². The fourth-order valence-electron chi connectivity index (χ4n) is 3.88. The Morgan fingerprint density at radius 1 is 1.15 bits per heavy atom. The molecule has 0 atom stereocenters. The Hall–Kier alpha value is -4.20. The molecule has 0 aliphatic carbocycles. The van der Waals surface area contributed by atoms with Crippen molar-refractivity contribution < 1.29 is 27.9 Å². The number of aryl methyl sites for hydroxylation is 1. The molecule has 176 valence electrons. The molecule has 2 heterocycles. The lowest BCUT2D eigenvalue weighted by atomic mass is 9.96. The van der Waals surface area contributed by atoms with Gasteiger partial charge in [-0.2, -0.15) is 0 Å². The minimum absolute atomic E-state index is 0.320. The molecule has 0 aliphatic rings. The summed E-state index contributed by atoms with van der Waals surface area (Å²) >= 11 is 0. The molecule has 0 aliphatic heterocycles. The first-order valence-corrected chi connectivity index (χ1v) is 10.8. The average Bonchev–Trinajstić information content (AvgIpc) is 3.50. The lowest BCUT2D eigenvalue weighted by molar-refractivity contribution is -0.111. The normalized spacial score (nSPS) is 11.5. The van der Waals surface area contributed by atoms with Crippen LogP contribution in [0.25, 0.3) is 27.7 Å². The molecule has 2 aromatic carbocycles. The molecule has 34 heavy (non-hydrogen) atoms. The number of methoxy groups -OCH3 is 2. The Morgan fingerprint density at radius 3 is 2.62 bits per heavy atom. The van der Waals surface area contributed by atoms with Crippen LogP contribution in [0.4, 0.5) is 5.82 Å². The Balaban J connectivity index is 1.82. The van der Waals surface area contributed by atoms with Crippen LogP contribution in [0.15, 0.2) is 57.9 Å². The van der Waals surface area contributed by atoms with E-state index in [9.17, 15) is 4.79 Å². The number of allylic oxidation sites excluding steroid dienone is 1. The molecule has 0 bridgehead atoms. The van der Waals surface area contributed by atoms with E-state index in [1.165, 1.54) is 12.3 Å². The third-order valence-electron chi connectivity index (χ3n) is 5.49. The van der Waals surface area contributed by atoms with E-state index in [2.05, 4.69) is 10.5 Å². The lowest BCUT2D eigenvalue weighted by Crippen LogP contribution is -2.09. The molecule has 0 radical (unpaired) electrons. The van der Waals surface area contributed by atoms with Crippen LogP contribution in [0, 0.1) is 6.92 Å². The summed E-state index contributed by atoms with van der Waals surface area (Å²) < 4.78 is 27.5. The predicted octanol–water partition coefficient (Wildman–Crippen LogP) is 5.85. The summed E-state index contributed by atoms with van der Waals surface area (Å²) in [6.45, 7) is 6.20. The molecule has 0 saturated heterocycles. The maximum atomic E-state index is 12.5. The molecular formula is C26H26N2O6. The number of aromatic nitrogens is 1. The summed E-state index contributed by atoms with van der Waals surface area (Å²) in [5.41, 5.74) is 4.90. The van der Waals surface area contributed by atoms with E-state index in [1.807, 2.05) is 45.0 Å². The number of hydrogen-bond donors (Lipinski definition) is 1. The first-order chi connectivity index (χ1) is 16.5. The molecule has 0 spiro atoms. The number of fused-ring (bicyclic) bond motifs is 1. The number of nitrogens with zero attached hydrogens (tertiary/aromatic N) is 1. The van der Waals surface area contributed by atoms with Crippen LogP contribution in [-0.4, -0.2) is 31.9 Å². The quantitative estimate of drug-likeness (QED) is 0.328. The van der Waals surface area contributed by atoms with E-state index in [-0.39, 0.29) is 5.91 Å². The summed E-state index contributed by atoms with van der Waals surface area (Å²) in [4.78, 5) is 12.5. The van der Waals surface area contributed by atoms with Crippen molar-refractivity contribution in [3.05, 3.63) is 60.1 Å². The summed E-state index contributed by atoms with van der Waals surface area (Å²) in [6, 6.07) is 9.27. The maximum absolute atomic E-state index is 12.5. The molecule has 4 rings (SSSR count). The smallest absolute Gasteiger partial charge is 0.249 e. The molecule has 0 fully saturated rings. The monoisotopic (exact) mass is 462 g/mol. The van der Waals surface area contributed by atoms with Crippen LogP contribution in [0.1, 0.15) is 25.0 Å². The zero-order valence-corrected chi connectivity index (χ0v) is 19.7. The first-order valence-electron chi connectivity index (χ1n) is 10.8. The zero-order valence-electron chi connectivity index (χ0n) is 19.7. The second-order valence-electron chi connectivity index (χ2n) is 7.61. The van der Waals surface area contributed by atoms with Crippen LogP contribution < -0.4 is 19.5 Å². The van der Waals surface area contributed by atoms with Crippen LogP contribution in [0.5, 0.6) is 17.2 Å². The van der Waals surface area contributed by atoms with Crippen LogP contribution in [0.2, 0.25) is 0 Å². The number of anilines is 1. The number of furan rings is 1. The van der Waals surface area contributed by atoms with Gasteiger partial charge in [0.15, 0.2) is 17.3 Å². The Kier molecular flexibility index (Phi) is 6.58. The number of carbonyl (C=O) groups excluding carboxylic acids is 1. The number of rotatable bonds is 8. The minimum Gasteiger partial charge on any atom is -0.493 e. The SMILES string of the molecule is CCOc1c(/C(C)=C/C(=O)Nc2ccon2)cc2c(-c3ccc(OC)c(OC)c3)coc2c1C. The second kappa shape index (κ2) is 9.74. The number of nitrogens with one attached hydrogen (secondary N) is 1. The van der Waals surface area contributed by atoms with Crippen molar-refractivity contribution in [3.63, 3.8) is 0 Å². The topological polar surface area (TPSA) is 96.0 Å². The molecule has 1 N–H and O–H groups in total. The maximum Gasteiger partial charge on any atom is 0.249 e. The molecule has 1 amide bonds. The van der Waals surface area contributed by atoms with Gasteiger partial charge in [0.05, 0.1) is 27.1 Å². The number of carbonyl (C=O) groups is 1. The van der Waals surface area contributed by atoms with E-state index >= 15 is 0 Å². The van der Waals surface area contributed by atoms with Gasteiger partial charge in [0.1, 0.15) is 17.6 Å². The third-order valence-corrected chi connectivity index (χ3v) is 5.49. The molecule has 8 nitrogen and oxygen atoms in total. The summed E-state index contributed by atoms with van der Waals surface area (Å²) in [5, 5.41) is 7.28. The van der Waals surface area contributed by atoms with Crippen molar-refractivity contribution in [1.29, 1.82) is 0 Å². The molecule has 8 heteroatoms. The van der Waals surface area contributed by atoms with Gasteiger partial charge in [0.25, 0.3) is 0 Å². The van der Waals surface area contributed by atoms with Gasteiger partial charge in [0, 0.05) is 34.2 Å². The van der Waals surface area contributed by atoms with Crippen molar-refractivity contribution >= 4 is 28.3 Å². The summed E-state index contributed by atoms with van der Waals surface area (Å²) in [6.07, 6.45) is 4.62. The van der Waals surface area contributed by atoms with Crippen LogP contribution in [0.3, 0.4) is 0 Å². The van der Waals surface area contributed by atoms with Crippen molar-refractivity contribution in [2.45, 2.75) is 20.8 Å². The van der Waals surface area contributed by atoms with Crippen LogP contribution in [-0.2, 0) is 4.79 Å². The van der Waals surface area contributed by atoms with Gasteiger partial charge in [0.2, 0.25) is 5.91 Å². The van der Waals surface area contributed by atoms with E-state index in [4.69, 9.17) is 23.2 Å². The van der Waals surface area contributed by atoms with Gasteiger partial charge >= 0.3 is 0 Å². The Labute approximate surface area is 197 Å². The fraction of sp³-hybridized carbons (Fsp3) is 0.231. The van der Waals surface area contributed by atoms with Gasteiger partial charge in [-0.25, -0.2) is 0 Å². The highest BCUT2D eigenvalue weighted by molar-refractivity contribution is 6.05. The highest BCUT2D eigenvalue weighted by atomic mass is 16.5. The second-order valence-corrected chi connectivity index (χ2v) is 7.61. The highest BCUT2D eigenvalue weighted by Crippen LogP contribution is 2.42. The van der Waals surface area contributed by atoms with Crippen molar-refractivity contribution in [1.82, 2.24) is 5.16 Å². The molecule has 0 saturated carbocycles. The van der Waals surface area contributed by atoms with Crippen molar-refractivity contribution in [2.75, 3.05) is 26.1 Å². The largest absolute Gasteiger partial charge is 0.493 e. The molecule has 2 aromatic heterocycles. The summed E-state index contributed by atoms with van der Waals surface area (Å²) in [5.74, 6) is 1.96. The van der Waals surface area contributed by atoms with Gasteiger partial charge in [-0.05, 0) is 50.1 Å². The summed E-state index contributed by atoms with van der Waals surface area (Å²) in [7, 11) is 3.20. The van der Waals surface area contributed by atoms with Gasteiger partial charge in [-0.1, -0.05) is 11.2 Å². The lowest BCUT2D eigenvalue weighted by Gasteiger charge is -2.15. The minimum atomic E-state index is -0.320. The number of ether oxygens (including phenoxy) is 3.